The lowest BCUT2D eigenvalue weighted by molar-refractivity contribution is 0.250. The SMILES string of the molecule is CC(CN1CCN(c2ccccn2)CC1)Nc1ccc(S(=O)(=O)N2CCCC2)cn1. The Morgan fingerprint density at radius 2 is 1.77 bits per heavy atom. The quantitative estimate of drug-likeness (QED) is 0.718. The Balaban J connectivity index is 1.27. The molecule has 0 aromatic carbocycles. The topological polar surface area (TPSA) is 81.7 Å². The lowest BCUT2D eigenvalue weighted by atomic mass is 10.2. The molecule has 2 aromatic heterocycles. The molecule has 0 aliphatic carbocycles. The average Bonchev–Trinajstić information content (AvgIpc) is 3.31. The Labute approximate surface area is 179 Å². The standard InChI is InChI=1S/C21H30N6O2S/c1-18(17-25-12-14-26(15-13-25)21-6-2-3-9-22-21)24-20-8-7-19(16-23-20)30(28,29)27-10-4-5-11-27/h2-3,6-9,16,18H,4-5,10-15,17H2,1H3,(H,23,24). The Morgan fingerprint density at radius 3 is 2.40 bits per heavy atom. The van der Waals surface area contributed by atoms with Crippen molar-refractivity contribution in [2.45, 2.75) is 30.7 Å². The van der Waals surface area contributed by atoms with Gasteiger partial charge in [-0.15, -0.1) is 0 Å². The number of hydrogen-bond acceptors (Lipinski definition) is 7. The minimum absolute atomic E-state index is 0.208. The molecule has 2 aromatic rings. The van der Waals surface area contributed by atoms with Crippen molar-refractivity contribution in [3.63, 3.8) is 0 Å². The predicted octanol–water partition coefficient (Wildman–Crippen LogP) is 1.88. The first-order chi connectivity index (χ1) is 14.5. The van der Waals surface area contributed by atoms with Crippen molar-refractivity contribution in [3.05, 3.63) is 42.7 Å². The van der Waals surface area contributed by atoms with Crippen molar-refractivity contribution in [1.82, 2.24) is 19.2 Å². The molecular formula is C21H30N6O2S. The first-order valence-corrected chi connectivity index (χ1v) is 12.1. The van der Waals surface area contributed by atoms with Crippen LogP contribution in [0.2, 0.25) is 0 Å². The van der Waals surface area contributed by atoms with Gasteiger partial charge in [-0.3, -0.25) is 4.90 Å². The first kappa shape index (κ1) is 21.0. The van der Waals surface area contributed by atoms with Crippen molar-refractivity contribution in [2.75, 3.05) is 56.0 Å². The number of hydrogen-bond donors (Lipinski definition) is 1. The van der Waals surface area contributed by atoms with Gasteiger partial charge in [-0.1, -0.05) is 6.07 Å². The van der Waals surface area contributed by atoms with E-state index in [9.17, 15) is 8.42 Å². The average molecular weight is 431 g/mol. The molecule has 0 spiro atoms. The highest BCUT2D eigenvalue weighted by Crippen LogP contribution is 2.21. The van der Waals surface area contributed by atoms with Crippen LogP contribution in [0.3, 0.4) is 0 Å². The van der Waals surface area contributed by atoms with Gasteiger partial charge in [-0.25, -0.2) is 18.4 Å². The third kappa shape index (κ3) is 4.91. The van der Waals surface area contributed by atoms with E-state index in [-0.39, 0.29) is 10.9 Å². The van der Waals surface area contributed by atoms with E-state index in [1.54, 1.807) is 16.4 Å². The summed E-state index contributed by atoms with van der Waals surface area (Å²) in [4.78, 5) is 13.8. The third-order valence-corrected chi connectivity index (χ3v) is 7.59. The van der Waals surface area contributed by atoms with Gasteiger partial charge in [-0.05, 0) is 44.0 Å². The van der Waals surface area contributed by atoms with Gasteiger partial charge in [0.1, 0.15) is 16.5 Å². The van der Waals surface area contributed by atoms with E-state index in [2.05, 4.69) is 38.1 Å². The number of rotatable bonds is 7. The minimum atomic E-state index is -3.41. The highest BCUT2D eigenvalue weighted by molar-refractivity contribution is 7.89. The van der Waals surface area contributed by atoms with E-state index in [1.165, 1.54) is 6.20 Å². The number of sulfonamides is 1. The molecule has 0 radical (unpaired) electrons. The number of aromatic nitrogens is 2. The van der Waals surface area contributed by atoms with E-state index < -0.39 is 10.0 Å². The van der Waals surface area contributed by atoms with Gasteiger partial charge in [0.15, 0.2) is 0 Å². The predicted molar refractivity (Wildman–Crippen MR) is 118 cm³/mol. The van der Waals surface area contributed by atoms with Crippen LogP contribution >= 0.6 is 0 Å². The van der Waals surface area contributed by atoms with Gasteiger partial charge in [0.05, 0.1) is 0 Å². The fourth-order valence-corrected chi connectivity index (χ4v) is 5.54. The number of pyridine rings is 2. The van der Waals surface area contributed by atoms with E-state index in [4.69, 9.17) is 0 Å². The highest BCUT2D eigenvalue weighted by Gasteiger charge is 2.27. The lowest BCUT2D eigenvalue weighted by Crippen LogP contribution is -2.49. The maximum atomic E-state index is 12.6. The van der Waals surface area contributed by atoms with Crippen molar-refractivity contribution in [1.29, 1.82) is 0 Å². The largest absolute Gasteiger partial charge is 0.366 e. The molecule has 4 heterocycles. The van der Waals surface area contributed by atoms with Gasteiger partial charge >= 0.3 is 0 Å². The van der Waals surface area contributed by atoms with Gasteiger partial charge in [0.2, 0.25) is 10.0 Å². The van der Waals surface area contributed by atoms with Crippen LogP contribution in [0, 0.1) is 0 Å². The zero-order chi connectivity index (χ0) is 21.0. The molecule has 8 nitrogen and oxygen atoms in total. The van der Waals surface area contributed by atoms with E-state index in [0.717, 1.165) is 51.4 Å². The van der Waals surface area contributed by atoms with E-state index >= 15 is 0 Å². The van der Waals surface area contributed by atoms with Crippen LogP contribution < -0.4 is 10.2 Å². The Kier molecular flexibility index (Phi) is 6.50. The number of nitrogens with zero attached hydrogens (tertiary/aromatic N) is 5. The van der Waals surface area contributed by atoms with Crippen LogP contribution in [0.1, 0.15) is 19.8 Å². The summed E-state index contributed by atoms with van der Waals surface area (Å²) >= 11 is 0. The van der Waals surface area contributed by atoms with Crippen molar-refractivity contribution in [2.24, 2.45) is 0 Å². The second-order valence-electron chi connectivity index (χ2n) is 8.01. The Hall–Kier alpha value is -2.23. The molecule has 2 saturated heterocycles. The summed E-state index contributed by atoms with van der Waals surface area (Å²) in [5.41, 5.74) is 0. The second-order valence-corrected chi connectivity index (χ2v) is 9.95. The van der Waals surface area contributed by atoms with Crippen molar-refractivity contribution >= 4 is 21.7 Å². The van der Waals surface area contributed by atoms with Gasteiger partial charge in [0.25, 0.3) is 0 Å². The summed E-state index contributed by atoms with van der Waals surface area (Å²) in [5, 5.41) is 3.39. The summed E-state index contributed by atoms with van der Waals surface area (Å²) in [6, 6.07) is 9.64. The summed E-state index contributed by atoms with van der Waals surface area (Å²) in [6.45, 7) is 8.15. The van der Waals surface area contributed by atoms with Gasteiger partial charge in [-0.2, -0.15) is 4.31 Å². The van der Waals surface area contributed by atoms with Gasteiger partial charge in [0, 0.05) is 64.2 Å². The Morgan fingerprint density at radius 1 is 1.00 bits per heavy atom. The number of anilines is 2. The Bertz CT molecular complexity index is 908. The van der Waals surface area contributed by atoms with Crippen LogP contribution in [0.15, 0.2) is 47.6 Å². The molecule has 30 heavy (non-hydrogen) atoms. The molecule has 0 amide bonds. The normalized spacial score (nSPS) is 19.7. The zero-order valence-electron chi connectivity index (χ0n) is 17.4. The minimum Gasteiger partial charge on any atom is -0.366 e. The molecule has 9 heteroatoms. The molecule has 1 unspecified atom stereocenters. The molecule has 1 atom stereocenters. The van der Waals surface area contributed by atoms with Gasteiger partial charge < -0.3 is 10.2 Å². The third-order valence-electron chi connectivity index (χ3n) is 5.71. The maximum Gasteiger partial charge on any atom is 0.244 e. The van der Waals surface area contributed by atoms with E-state index in [0.29, 0.717) is 18.9 Å². The monoisotopic (exact) mass is 430 g/mol. The van der Waals surface area contributed by atoms with Crippen LogP contribution in [-0.2, 0) is 10.0 Å². The fraction of sp³-hybridized carbons (Fsp3) is 0.524. The zero-order valence-corrected chi connectivity index (χ0v) is 18.3. The fourth-order valence-electron chi connectivity index (χ4n) is 4.08. The number of nitrogens with one attached hydrogen (secondary N) is 1. The molecule has 4 rings (SSSR count). The second kappa shape index (κ2) is 9.28. The summed E-state index contributed by atoms with van der Waals surface area (Å²) in [5.74, 6) is 1.74. The molecule has 0 saturated carbocycles. The molecule has 1 N–H and O–H groups in total. The number of piperazine rings is 1. The molecule has 2 aliphatic rings. The summed E-state index contributed by atoms with van der Waals surface area (Å²) in [6.07, 6.45) is 5.16. The molecule has 162 valence electrons. The smallest absolute Gasteiger partial charge is 0.244 e. The highest BCUT2D eigenvalue weighted by atomic mass is 32.2. The van der Waals surface area contributed by atoms with Crippen LogP contribution in [0.25, 0.3) is 0 Å². The molecule has 2 fully saturated rings. The van der Waals surface area contributed by atoms with Crippen LogP contribution in [0.5, 0.6) is 0 Å². The van der Waals surface area contributed by atoms with Crippen molar-refractivity contribution in [3.8, 4) is 0 Å². The lowest BCUT2D eigenvalue weighted by Gasteiger charge is -2.36. The summed E-state index contributed by atoms with van der Waals surface area (Å²) < 4.78 is 26.8. The van der Waals surface area contributed by atoms with E-state index in [1.807, 2.05) is 18.3 Å². The molecular weight excluding hydrogens is 400 g/mol. The summed E-state index contributed by atoms with van der Waals surface area (Å²) in [7, 11) is -3.41. The molecule has 2 aliphatic heterocycles. The maximum absolute atomic E-state index is 12.6. The molecule has 0 bridgehead atoms. The first-order valence-electron chi connectivity index (χ1n) is 10.6. The van der Waals surface area contributed by atoms with Crippen molar-refractivity contribution < 1.29 is 8.42 Å². The van der Waals surface area contributed by atoms with Crippen LogP contribution in [-0.4, -0.2) is 79.4 Å². The van der Waals surface area contributed by atoms with Crippen LogP contribution in [0.4, 0.5) is 11.6 Å².